The van der Waals surface area contributed by atoms with Crippen molar-refractivity contribution < 1.29 is 18.4 Å². The summed E-state index contributed by atoms with van der Waals surface area (Å²) in [5.41, 5.74) is 0.333. The zero-order chi connectivity index (χ0) is 31.2. The summed E-state index contributed by atoms with van der Waals surface area (Å²) in [6, 6.07) is 8.54. The molecular formula is C32H24Cl2F2N6O2S. The smallest absolute Gasteiger partial charge is 0.266 e. The van der Waals surface area contributed by atoms with Gasteiger partial charge in [-0.25, -0.2) is 28.0 Å². The summed E-state index contributed by atoms with van der Waals surface area (Å²) in [6.07, 6.45) is 10.2. The minimum Gasteiger partial charge on any atom is -0.314 e. The van der Waals surface area contributed by atoms with Crippen molar-refractivity contribution in [1.82, 2.24) is 23.8 Å². The van der Waals surface area contributed by atoms with Crippen molar-refractivity contribution in [2.75, 3.05) is 17.8 Å². The van der Waals surface area contributed by atoms with E-state index in [0.29, 0.717) is 17.0 Å². The molecule has 7 rings (SSSR count). The van der Waals surface area contributed by atoms with Crippen molar-refractivity contribution in [2.45, 2.75) is 31.6 Å². The van der Waals surface area contributed by atoms with Gasteiger partial charge in [0, 0.05) is 72.4 Å². The van der Waals surface area contributed by atoms with Crippen molar-refractivity contribution in [2.24, 2.45) is 0 Å². The molecule has 1 aliphatic heterocycles. The van der Waals surface area contributed by atoms with Crippen LogP contribution >= 0.6 is 35.3 Å². The maximum absolute atomic E-state index is 15.8. The molecule has 3 aromatic heterocycles. The number of ketones is 1. The zero-order valence-corrected chi connectivity index (χ0v) is 25.9. The van der Waals surface area contributed by atoms with E-state index in [1.807, 2.05) is 4.31 Å². The number of rotatable bonds is 8. The number of carbonyl (C=O) groups excluding carboxylic acids is 2. The standard InChI is InChI=1S/C32H24Cl2F2N6O2S/c33-22-4-3-5-23(34)26(22)32(44)42-16-21(20-12-18(13-39-31(20)42)19-14-37-30(38-15-19)17-6-7-17)29(43)27-24(35)8-9-25(28(27)36)40-45-41-10-1-2-11-41/h3-5,8-9,12-17,40H,1-2,6-7,10-11H2. The molecule has 4 heterocycles. The van der Waals surface area contributed by atoms with Crippen molar-refractivity contribution in [3.05, 3.63) is 105 Å². The Hall–Kier alpha value is -3.90. The molecule has 0 spiro atoms. The van der Waals surface area contributed by atoms with Gasteiger partial charge in [-0.3, -0.25) is 14.2 Å². The Morgan fingerprint density at radius 3 is 2.29 bits per heavy atom. The largest absolute Gasteiger partial charge is 0.314 e. The summed E-state index contributed by atoms with van der Waals surface area (Å²) in [7, 11) is 0. The Labute approximate surface area is 271 Å². The van der Waals surface area contributed by atoms with E-state index in [2.05, 4.69) is 19.7 Å². The van der Waals surface area contributed by atoms with E-state index in [9.17, 15) is 9.59 Å². The number of nitrogens with zero attached hydrogens (tertiary/aromatic N) is 5. The van der Waals surface area contributed by atoms with Crippen LogP contribution in [0.5, 0.6) is 0 Å². The van der Waals surface area contributed by atoms with E-state index in [0.717, 1.165) is 55.2 Å². The molecule has 0 bridgehead atoms. The fourth-order valence-corrected chi connectivity index (χ4v) is 6.72. The molecule has 1 saturated carbocycles. The molecule has 45 heavy (non-hydrogen) atoms. The number of nitrogens with one attached hydrogen (secondary N) is 1. The first-order valence-electron chi connectivity index (χ1n) is 14.3. The number of pyridine rings is 1. The Bertz CT molecular complexity index is 1960. The molecule has 0 radical (unpaired) electrons. The molecule has 2 aliphatic rings. The van der Waals surface area contributed by atoms with E-state index in [4.69, 9.17) is 23.2 Å². The number of halogens is 4. The van der Waals surface area contributed by atoms with E-state index in [1.165, 1.54) is 42.7 Å². The Kier molecular flexibility index (Phi) is 8.03. The van der Waals surface area contributed by atoms with Crippen molar-refractivity contribution >= 4 is 63.7 Å². The van der Waals surface area contributed by atoms with E-state index in [-0.39, 0.29) is 37.9 Å². The van der Waals surface area contributed by atoms with Crippen LogP contribution in [0.3, 0.4) is 0 Å². The molecule has 8 nitrogen and oxygen atoms in total. The number of hydrogen-bond acceptors (Lipinski definition) is 8. The van der Waals surface area contributed by atoms with Gasteiger partial charge in [-0.1, -0.05) is 29.3 Å². The molecule has 1 saturated heterocycles. The lowest BCUT2D eigenvalue weighted by Crippen LogP contribution is -2.14. The third-order valence-corrected chi connectivity index (χ3v) is 9.46. The maximum Gasteiger partial charge on any atom is 0.266 e. The van der Waals surface area contributed by atoms with Crippen LogP contribution in [-0.2, 0) is 0 Å². The van der Waals surface area contributed by atoms with Gasteiger partial charge in [0.15, 0.2) is 5.82 Å². The predicted molar refractivity (Wildman–Crippen MR) is 171 cm³/mol. The highest BCUT2D eigenvalue weighted by molar-refractivity contribution is 7.98. The second-order valence-electron chi connectivity index (χ2n) is 11.0. The van der Waals surface area contributed by atoms with Crippen LogP contribution in [0.15, 0.2) is 61.2 Å². The topological polar surface area (TPSA) is 93.0 Å². The SMILES string of the molecule is O=C(c1c(F)ccc(NSN2CCCC2)c1F)c1cn(C(=O)c2c(Cl)cccc2Cl)c2ncc(-c3cnc(C4CC4)nc3)cc12. The van der Waals surface area contributed by atoms with Crippen LogP contribution in [0, 0.1) is 11.6 Å². The number of hydrogen-bond donors (Lipinski definition) is 1. The molecule has 0 amide bonds. The quantitative estimate of drug-likeness (QED) is 0.132. The summed E-state index contributed by atoms with van der Waals surface area (Å²) in [4.78, 5) is 41.3. The third kappa shape index (κ3) is 5.69. The third-order valence-electron chi connectivity index (χ3n) is 7.90. The molecule has 2 aromatic carbocycles. The molecule has 0 unspecified atom stereocenters. The molecular weight excluding hydrogens is 641 g/mol. The van der Waals surface area contributed by atoms with Gasteiger partial charge in [-0.05, 0) is 56.0 Å². The number of carbonyl (C=O) groups is 2. The number of aromatic nitrogens is 4. The second-order valence-corrected chi connectivity index (χ2v) is 12.7. The van der Waals surface area contributed by atoms with Crippen molar-refractivity contribution in [3.63, 3.8) is 0 Å². The van der Waals surface area contributed by atoms with Gasteiger partial charge >= 0.3 is 0 Å². The van der Waals surface area contributed by atoms with Gasteiger partial charge in [0.05, 0.1) is 32.4 Å². The molecule has 1 aliphatic carbocycles. The van der Waals surface area contributed by atoms with Gasteiger partial charge in [0.25, 0.3) is 5.91 Å². The highest BCUT2D eigenvalue weighted by atomic mass is 35.5. The number of benzene rings is 2. The van der Waals surface area contributed by atoms with Gasteiger partial charge in [0.1, 0.15) is 17.3 Å². The maximum atomic E-state index is 15.8. The van der Waals surface area contributed by atoms with Crippen LogP contribution < -0.4 is 4.72 Å². The lowest BCUT2D eigenvalue weighted by Gasteiger charge is -2.15. The van der Waals surface area contributed by atoms with Gasteiger partial charge in [-0.2, -0.15) is 0 Å². The molecule has 1 N–H and O–H groups in total. The molecule has 2 fully saturated rings. The molecule has 228 valence electrons. The summed E-state index contributed by atoms with van der Waals surface area (Å²) >= 11 is 13.9. The summed E-state index contributed by atoms with van der Waals surface area (Å²) in [5, 5.41) is 0.389. The van der Waals surface area contributed by atoms with Crippen LogP contribution in [0.2, 0.25) is 10.0 Å². The highest BCUT2D eigenvalue weighted by Crippen LogP contribution is 2.38. The normalized spacial score (nSPS) is 15.1. The fraction of sp³-hybridized carbons (Fsp3) is 0.219. The first-order valence-corrected chi connectivity index (χ1v) is 15.9. The first kappa shape index (κ1) is 29.8. The molecule has 13 heteroatoms. The number of fused-ring (bicyclic) bond motifs is 1. The summed E-state index contributed by atoms with van der Waals surface area (Å²) < 4.78 is 37.1. The molecule has 5 aromatic rings. The Balaban J connectivity index is 1.34. The lowest BCUT2D eigenvalue weighted by atomic mass is 10.0. The summed E-state index contributed by atoms with van der Waals surface area (Å²) in [5.74, 6) is -2.57. The second kappa shape index (κ2) is 12.1. The lowest BCUT2D eigenvalue weighted by molar-refractivity contribution is 0.0964. The van der Waals surface area contributed by atoms with Crippen molar-refractivity contribution in [1.29, 1.82) is 0 Å². The minimum absolute atomic E-state index is 0.00540. The summed E-state index contributed by atoms with van der Waals surface area (Å²) in [6.45, 7) is 1.66. The van der Waals surface area contributed by atoms with Gasteiger partial charge in [-0.15, -0.1) is 0 Å². The van der Waals surface area contributed by atoms with Crippen LogP contribution in [0.25, 0.3) is 22.2 Å². The van der Waals surface area contributed by atoms with Crippen LogP contribution in [0.1, 0.15) is 63.7 Å². The molecule has 0 atom stereocenters. The number of anilines is 1. The van der Waals surface area contributed by atoms with E-state index >= 15 is 8.78 Å². The Morgan fingerprint density at radius 1 is 0.911 bits per heavy atom. The van der Waals surface area contributed by atoms with Crippen LogP contribution in [-0.4, -0.2) is 48.6 Å². The predicted octanol–water partition coefficient (Wildman–Crippen LogP) is 7.95. The first-order chi connectivity index (χ1) is 21.8. The average molecular weight is 666 g/mol. The zero-order valence-electron chi connectivity index (χ0n) is 23.6. The van der Waals surface area contributed by atoms with Gasteiger partial charge < -0.3 is 4.72 Å². The van der Waals surface area contributed by atoms with E-state index < -0.39 is 28.9 Å². The monoisotopic (exact) mass is 664 g/mol. The van der Waals surface area contributed by atoms with Gasteiger partial charge in [0.2, 0.25) is 5.78 Å². The Morgan fingerprint density at radius 2 is 1.60 bits per heavy atom. The highest BCUT2D eigenvalue weighted by Gasteiger charge is 2.29. The average Bonchev–Trinajstić information content (AvgIpc) is 3.62. The minimum atomic E-state index is -1.04. The van der Waals surface area contributed by atoms with E-state index in [1.54, 1.807) is 24.5 Å². The van der Waals surface area contributed by atoms with Crippen molar-refractivity contribution in [3.8, 4) is 11.1 Å². The van der Waals surface area contributed by atoms with Crippen LogP contribution in [0.4, 0.5) is 14.5 Å². The fourth-order valence-electron chi connectivity index (χ4n) is 5.33.